The smallest absolute Gasteiger partial charge is 0.242 e. The van der Waals surface area contributed by atoms with E-state index in [4.69, 9.17) is 11.6 Å². The number of rotatable bonds is 8. The number of nitrogens with zero attached hydrogens (tertiary/aromatic N) is 1. The molecule has 0 aromatic heterocycles. The third kappa shape index (κ3) is 6.60. The highest BCUT2D eigenvalue weighted by Gasteiger charge is 2.25. The number of nitrogens with one attached hydrogen (secondary N) is 1. The van der Waals surface area contributed by atoms with Crippen molar-refractivity contribution >= 4 is 35.2 Å². The maximum Gasteiger partial charge on any atom is 0.242 e. The number of aryl methyl sites for hydroxylation is 1. The van der Waals surface area contributed by atoms with E-state index in [0.29, 0.717) is 17.3 Å². The highest BCUT2D eigenvalue weighted by molar-refractivity contribution is 7.99. The van der Waals surface area contributed by atoms with E-state index in [2.05, 4.69) is 29.6 Å². The number of halogens is 1. The fourth-order valence-electron chi connectivity index (χ4n) is 2.65. The molecular weight excluding hydrogens is 380 g/mol. The molecule has 2 rings (SSSR count). The van der Waals surface area contributed by atoms with Gasteiger partial charge in [-0.2, -0.15) is 0 Å². The van der Waals surface area contributed by atoms with Gasteiger partial charge in [0.15, 0.2) is 0 Å². The molecule has 144 valence electrons. The minimum absolute atomic E-state index is 0.0665. The van der Waals surface area contributed by atoms with Gasteiger partial charge in [0, 0.05) is 24.4 Å². The number of amides is 2. The Balaban J connectivity index is 2.03. The molecule has 2 aromatic carbocycles. The number of likely N-dealkylation sites (N-methyl/N-ethyl adjacent to an activating group) is 1. The summed E-state index contributed by atoms with van der Waals surface area (Å²) in [5, 5.41) is 3.23. The Hall–Kier alpha value is -1.98. The minimum atomic E-state index is -0.554. The van der Waals surface area contributed by atoms with Crippen molar-refractivity contribution in [2.75, 3.05) is 12.8 Å². The maximum atomic E-state index is 12.8. The van der Waals surface area contributed by atoms with Gasteiger partial charge < -0.3 is 10.2 Å². The zero-order valence-corrected chi connectivity index (χ0v) is 17.4. The quantitative estimate of drug-likeness (QED) is 0.722. The van der Waals surface area contributed by atoms with Gasteiger partial charge in [0.2, 0.25) is 11.8 Å². The molecule has 2 aromatic rings. The van der Waals surface area contributed by atoms with Crippen molar-refractivity contribution in [3.63, 3.8) is 0 Å². The van der Waals surface area contributed by atoms with Gasteiger partial charge in [0.25, 0.3) is 0 Å². The van der Waals surface area contributed by atoms with E-state index >= 15 is 0 Å². The normalized spacial score (nSPS) is 11.7. The summed E-state index contributed by atoms with van der Waals surface area (Å²) in [6.07, 6.45) is 0. The third-order valence-electron chi connectivity index (χ3n) is 4.27. The van der Waals surface area contributed by atoms with Gasteiger partial charge in [-0.15, -0.1) is 11.8 Å². The van der Waals surface area contributed by atoms with Crippen molar-refractivity contribution in [1.82, 2.24) is 10.2 Å². The molecule has 0 bridgehead atoms. The van der Waals surface area contributed by atoms with Crippen molar-refractivity contribution < 1.29 is 9.59 Å². The topological polar surface area (TPSA) is 49.4 Å². The van der Waals surface area contributed by atoms with Gasteiger partial charge in [0.05, 0.1) is 5.75 Å². The number of benzene rings is 2. The van der Waals surface area contributed by atoms with E-state index < -0.39 is 6.04 Å². The molecule has 6 heteroatoms. The summed E-state index contributed by atoms with van der Waals surface area (Å²) in [6.45, 7) is 4.14. The first-order chi connectivity index (χ1) is 12.9. The molecule has 0 unspecified atom stereocenters. The molecule has 0 aliphatic carbocycles. The van der Waals surface area contributed by atoms with Crippen LogP contribution in [0.2, 0.25) is 5.02 Å². The Bertz CT molecular complexity index is 780. The van der Waals surface area contributed by atoms with Gasteiger partial charge >= 0.3 is 0 Å². The van der Waals surface area contributed by atoms with Crippen LogP contribution in [0.25, 0.3) is 0 Å². The van der Waals surface area contributed by atoms with Crippen LogP contribution >= 0.6 is 23.4 Å². The Morgan fingerprint density at radius 1 is 1.15 bits per heavy atom. The van der Waals surface area contributed by atoms with Crippen LogP contribution in [-0.4, -0.2) is 35.6 Å². The molecule has 2 amide bonds. The average Bonchev–Trinajstić information content (AvgIpc) is 2.66. The fourth-order valence-corrected chi connectivity index (χ4v) is 3.73. The summed E-state index contributed by atoms with van der Waals surface area (Å²) in [5.74, 6) is 0.818. The first-order valence-corrected chi connectivity index (χ1v) is 10.3. The summed E-state index contributed by atoms with van der Waals surface area (Å²) >= 11 is 7.60. The van der Waals surface area contributed by atoms with Crippen LogP contribution in [0.4, 0.5) is 0 Å². The van der Waals surface area contributed by atoms with Gasteiger partial charge in [-0.25, -0.2) is 0 Å². The van der Waals surface area contributed by atoms with Crippen molar-refractivity contribution in [2.45, 2.75) is 32.2 Å². The van der Waals surface area contributed by atoms with Crippen LogP contribution in [0.5, 0.6) is 0 Å². The molecule has 0 saturated heterocycles. The molecule has 0 aliphatic rings. The van der Waals surface area contributed by atoms with Gasteiger partial charge in [-0.3, -0.25) is 9.59 Å². The Labute approximate surface area is 170 Å². The van der Waals surface area contributed by atoms with Crippen molar-refractivity contribution in [2.24, 2.45) is 0 Å². The minimum Gasteiger partial charge on any atom is -0.357 e. The van der Waals surface area contributed by atoms with E-state index in [-0.39, 0.29) is 11.8 Å². The van der Waals surface area contributed by atoms with Gasteiger partial charge in [0.1, 0.15) is 6.04 Å². The van der Waals surface area contributed by atoms with E-state index in [1.165, 1.54) is 11.1 Å². The molecule has 1 atom stereocenters. The zero-order chi connectivity index (χ0) is 19.8. The third-order valence-corrected chi connectivity index (χ3v) is 5.49. The molecule has 0 saturated carbocycles. The second-order valence-electron chi connectivity index (χ2n) is 6.42. The van der Waals surface area contributed by atoms with Crippen LogP contribution < -0.4 is 5.32 Å². The fraction of sp³-hybridized carbons (Fsp3) is 0.333. The van der Waals surface area contributed by atoms with E-state index in [1.807, 2.05) is 25.1 Å². The Morgan fingerprint density at radius 2 is 1.85 bits per heavy atom. The second-order valence-corrected chi connectivity index (χ2v) is 7.84. The maximum absolute atomic E-state index is 12.8. The lowest BCUT2D eigenvalue weighted by Crippen LogP contribution is -2.47. The summed E-state index contributed by atoms with van der Waals surface area (Å²) < 4.78 is 0. The number of thioether (sulfide) groups is 1. The van der Waals surface area contributed by atoms with E-state index in [9.17, 15) is 9.59 Å². The van der Waals surface area contributed by atoms with Crippen LogP contribution in [-0.2, 0) is 21.9 Å². The second kappa shape index (κ2) is 10.4. The van der Waals surface area contributed by atoms with Gasteiger partial charge in [-0.1, -0.05) is 53.6 Å². The highest BCUT2D eigenvalue weighted by atomic mass is 35.5. The molecule has 4 nitrogen and oxygen atoms in total. The molecule has 0 fully saturated rings. The summed E-state index contributed by atoms with van der Waals surface area (Å²) in [6, 6.07) is 15.1. The van der Waals surface area contributed by atoms with Crippen LogP contribution in [0.3, 0.4) is 0 Å². The predicted octanol–water partition coefficient (Wildman–Crippen LogP) is 4.04. The number of hydrogen-bond acceptors (Lipinski definition) is 3. The van der Waals surface area contributed by atoms with E-state index in [0.717, 1.165) is 11.3 Å². The number of carbonyl (C=O) groups excluding carboxylic acids is 2. The Kier molecular flexibility index (Phi) is 8.20. The number of carbonyl (C=O) groups is 2. The Morgan fingerprint density at radius 3 is 2.48 bits per heavy atom. The van der Waals surface area contributed by atoms with Crippen molar-refractivity contribution in [3.05, 3.63) is 70.2 Å². The predicted molar refractivity (Wildman–Crippen MR) is 113 cm³/mol. The van der Waals surface area contributed by atoms with E-state index in [1.54, 1.807) is 36.7 Å². The average molecular weight is 405 g/mol. The monoisotopic (exact) mass is 404 g/mol. The standard InChI is InChI=1S/C21H25ClN2O2S/c1-15-7-9-17(10-8-15)13-27-14-20(25)24(16(2)21(26)23-3)12-18-5-4-6-19(22)11-18/h4-11,16H,12-14H2,1-3H3,(H,23,26)/t16-/m0/s1. The molecule has 0 aliphatic heterocycles. The molecule has 27 heavy (non-hydrogen) atoms. The highest BCUT2D eigenvalue weighted by Crippen LogP contribution is 2.18. The SMILES string of the molecule is CNC(=O)[C@H](C)N(Cc1cccc(Cl)c1)C(=O)CSCc1ccc(C)cc1. The molecular formula is C21H25ClN2O2S. The van der Waals surface area contributed by atoms with Crippen LogP contribution in [0.15, 0.2) is 48.5 Å². The first kappa shape index (κ1) is 21.3. The van der Waals surface area contributed by atoms with Crippen LogP contribution in [0.1, 0.15) is 23.6 Å². The lowest BCUT2D eigenvalue weighted by Gasteiger charge is -2.28. The lowest BCUT2D eigenvalue weighted by atomic mass is 10.1. The lowest BCUT2D eigenvalue weighted by molar-refractivity contribution is -0.138. The largest absolute Gasteiger partial charge is 0.357 e. The van der Waals surface area contributed by atoms with Crippen molar-refractivity contribution in [3.8, 4) is 0 Å². The molecule has 0 spiro atoms. The molecule has 0 radical (unpaired) electrons. The first-order valence-electron chi connectivity index (χ1n) is 8.79. The zero-order valence-electron chi connectivity index (χ0n) is 15.9. The summed E-state index contributed by atoms with van der Waals surface area (Å²) in [4.78, 5) is 26.5. The van der Waals surface area contributed by atoms with Crippen molar-refractivity contribution in [1.29, 1.82) is 0 Å². The summed E-state index contributed by atoms with van der Waals surface area (Å²) in [5.41, 5.74) is 3.29. The van der Waals surface area contributed by atoms with Gasteiger partial charge in [-0.05, 0) is 37.1 Å². The van der Waals surface area contributed by atoms with Crippen LogP contribution in [0, 0.1) is 6.92 Å². The molecule has 0 heterocycles. The summed E-state index contributed by atoms with van der Waals surface area (Å²) in [7, 11) is 1.58. The molecule has 1 N–H and O–H groups in total. The number of hydrogen-bond donors (Lipinski definition) is 1.